The highest BCUT2D eigenvalue weighted by atomic mass is 16.1. The molecule has 4 aromatic heterocycles. The molecule has 2 aromatic carbocycles. The van der Waals surface area contributed by atoms with E-state index in [1.165, 1.54) is 0 Å². The summed E-state index contributed by atoms with van der Waals surface area (Å²) in [4.78, 5) is 21.3. The van der Waals surface area contributed by atoms with Crippen LogP contribution < -0.4 is 10.9 Å². The van der Waals surface area contributed by atoms with Crippen LogP contribution in [0.1, 0.15) is 0 Å². The van der Waals surface area contributed by atoms with Crippen LogP contribution in [0.4, 0.5) is 11.5 Å². The summed E-state index contributed by atoms with van der Waals surface area (Å²) in [5, 5.41) is 17.8. The molecule has 4 N–H and O–H groups in total. The molecule has 0 amide bonds. The van der Waals surface area contributed by atoms with E-state index in [2.05, 4.69) is 30.7 Å². The van der Waals surface area contributed by atoms with E-state index < -0.39 is 0 Å². The molecule has 0 aliphatic heterocycles. The Morgan fingerprint density at radius 1 is 0.867 bits per heavy atom. The third-order valence-electron chi connectivity index (χ3n) is 5.16. The van der Waals surface area contributed by atoms with Gasteiger partial charge in [0.1, 0.15) is 5.52 Å². The average molecular weight is 393 g/mol. The zero-order valence-corrected chi connectivity index (χ0v) is 15.6. The van der Waals surface area contributed by atoms with Gasteiger partial charge in [0, 0.05) is 17.1 Å². The van der Waals surface area contributed by atoms with Crippen molar-refractivity contribution in [2.45, 2.75) is 0 Å². The highest BCUT2D eigenvalue weighted by Gasteiger charge is 2.12. The van der Waals surface area contributed by atoms with Gasteiger partial charge < -0.3 is 5.32 Å². The van der Waals surface area contributed by atoms with Crippen LogP contribution in [0.15, 0.2) is 71.7 Å². The minimum atomic E-state index is -0.153. The molecule has 0 unspecified atom stereocenters. The largest absolute Gasteiger partial charge is 0.336 e. The number of fused-ring (bicyclic) bond motifs is 3. The number of pyridine rings is 2. The molecule has 0 aliphatic carbocycles. The first-order valence-electron chi connectivity index (χ1n) is 9.43. The molecule has 4 heterocycles. The van der Waals surface area contributed by atoms with Crippen LogP contribution in [0.25, 0.3) is 44.1 Å². The SMILES string of the molecule is O=c1[nH][nH]c2ccc(-c3cc(Nc4n[nH]c5cccnc45)c4ccccc4n3)cc12. The number of anilines is 2. The van der Waals surface area contributed by atoms with Crippen molar-refractivity contribution in [2.75, 3.05) is 5.32 Å². The van der Waals surface area contributed by atoms with Crippen LogP contribution in [0.2, 0.25) is 0 Å². The van der Waals surface area contributed by atoms with Crippen LogP contribution in [0, 0.1) is 0 Å². The van der Waals surface area contributed by atoms with Gasteiger partial charge in [-0.15, -0.1) is 0 Å². The lowest BCUT2D eigenvalue weighted by molar-refractivity contribution is 1.08. The van der Waals surface area contributed by atoms with E-state index in [-0.39, 0.29) is 5.56 Å². The second kappa shape index (κ2) is 6.28. The van der Waals surface area contributed by atoms with Crippen LogP contribution in [0.3, 0.4) is 0 Å². The van der Waals surface area contributed by atoms with Crippen molar-refractivity contribution in [3.63, 3.8) is 0 Å². The van der Waals surface area contributed by atoms with E-state index in [9.17, 15) is 4.79 Å². The quantitative estimate of drug-likeness (QED) is 0.362. The molecule has 0 bridgehead atoms. The van der Waals surface area contributed by atoms with Gasteiger partial charge in [-0.3, -0.25) is 25.1 Å². The van der Waals surface area contributed by atoms with Crippen molar-refractivity contribution < 1.29 is 0 Å². The first-order valence-corrected chi connectivity index (χ1v) is 9.43. The Hall–Kier alpha value is -4.46. The molecule has 0 radical (unpaired) electrons. The first-order chi connectivity index (χ1) is 14.8. The molecule has 0 fully saturated rings. The van der Waals surface area contributed by atoms with Crippen molar-refractivity contribution in [3.05, 3.63) is 77.2 Å². The molecule has 30 heavy (non-hydrogen) atoms. The Labute approximate surface area is 169 Å². The maximum absolute atomic E-state index is 12.0. The van der Waals surface area contributed by atoms with Crippen molar-refractivity contribution in [3.8, 4) is 11.3 Å². The summed E-state index contributed by atoms with van der Waals surface area (Å²) in [6.07, 6.45) is 1.74. The molecule has 144 valence electrons. The van der Waals surface area contributed by atoms with Crippen LogP contribution >= 0.6 is 0 Å². The molecular weight excluding hydrogens is 378 g/mol. The van der Waals surface area contributed by atoms with Gasteiger partial charge in [0.2, 0.25) is 0 Å². The van der Waals surface area contributed by atoms with E-state index in [0.717, 1.165) is 44.4 Å². The summed E-state index contributed by atoms with van der Waals surface area (Å²) in [5.41, 5.74) is 5.54. The van der Waals surface area contributed by atoms with Gasteiger partial charge in [-0.05, 0) is 36.4 Å². The maximum atomic E-state index is 12.0. The molecule has 6 rings (SSSR count). The summed E-state index contributed by atoms with van der Waals surface area (Å²) in [7, 11) is 0. The zero-order chi connectivity index (χ0) is 20.1. The van der Waals surface area contributed by atoms with Crippen molar-refractivity contribution in [2.24, 2.45) is 0 Å². The van der Waals surface area contributed by atoms with Crippen molar-refractivity contribution in [1.29, 1.82) is 0 Å². The van der Waals surface area contributed by atoms with Gasteiger partial charge >= 0.3 is 0 Å². The molecular formula is C22H15N7O. The normalized spacial score (nSPS) is 11.5. The van der Waals surface area contributed by atoms with Crippen molar-refractivity contribution in [1.82, 2.24) is 30.4 Å². The van der Waals surface area contributed by atoms with Gasteiger partial charge in [0.05, 0.1) is 33.3 Å². The van der Waals surface area contributed by atoms with E-state index in [4.69, 9.17) is 4.98 Å². The fourth-order valence-corrected chi connectivity index (χ4v) is 3.69. The van der Waals surface area contributed by atoms with E-state index >= 15 is 0 Å². The minimum absolute atomic E-state index is 0.153. The number of para-hydroxylation sites is 1. The lowest BCUT2D eigenvalue weighted by Crippen LogP contribution is -1.98. The number of hydrogen-bond donors (Lipinski definition) is 4. The first kappa shape index (κ1) is 16.5. The fraction of sp³-hybridized carbons (Fsp3) is 0. The number of nitrogens with one attached hydrogen (secondary N) is 4. The lowest BCUT2D eigenvalue weighted by atomic mass is 10.1. The van der Waals surface area contributed by atoms with E-state index in [0.29, 0.717) is 11.2 Å². The number of rotatable bonds is 3. The van der Waals surface area contributed by atoms with Gasteiger partial charge in [0.15, 0.2) is 5.82 Å². The van der Waals surface area contributed by atoms with Crippen LogP contribution in [0.5, 0.6) is 0 Å². The smallest absolute Gasteiger partial charge is 0.271 e. The number of aromatic nitrogens is 6. The number of nitrogens with zero attached hydrogens (tertiary/aromatic N) is 3. The standard InChI is InChI=1S/C22H15N7O/c30-22-14-10-12(7-8-16(14)26-29-22)18-11-19(13-4-1-2-5-15(13)24-18)25-21-20-17(27-28-21)6-3-9-23-20/h1-11H,(H2,26,29,30)(H2,24,25,27,28). The molecule has 6 aromatic rings. The van der Waals surface area contributed by atoms with Gasteiger partial charge in [-0.25, -0.2) is 4.98 Å². The molecule has 0 saturated carbocycles. The van der Waals surface area contributed by atoms with Gasteiger partial charge in [-0.2, -0.15) is 5.10 Å². The summed E-state index contributed by atoms with van der Waals surface area (Å²) in [5.74, 6) is 0.644. The monoisotopic (exact) mass is 393 g/mol. The highest BCUT2D eigenvalue weighted by molar-refractivity contribution is 5.98. The summed E-state index contributed by atoms with van der Waals surface area (Å²) in [6.45, 7) is 0. The Kier molecular flexibility index (Phi) is 3.45. The van der Waals surface area contributed by atoms with Crippen LogP contribution in [-0.4, -0.2) is 30.4 Å². The molecule has 0 spiro atoms. The minimum Gasteiger partial charge on any atom is -0.336 e. The fourth-order valence-electron chi connectivity index (χ4n) is 3.69. The van der Waals surface area contributed by atoms with Crippen molar-refractivity contribution >= 4 is 44.3 Å². The third-order valence-corrected chi connectivity index (χ3v) is 5.16. The molecule has 0 saturated heterocycles. The van der Waals surface area contributed by atoms with Crippen LogP contribution in [-0.2, 0) is 0 Å². The Morgan fingerprint density at radius 3 is 2.77 bits per heavy atom. The second-order valence-electron chi connectivity index (χ2n) is 7.01. The van der Waals surface area contributed by atoms with Gasteiger partial charge in [0.25, 0.3) is 5.56 Å². The molecule has 0 aliphatic rings. The summed E-state index contributed by atoms with van der Waals surface area (Å²) < 4.78 is 0. The number of H-pyrrole nitrogens is 3. The summed E-state index contributed by atoms with van der Waals surface area (Å²) in [6, 6.07) is 19.3. The Bertz CT molecular complexity index is 1610. The molecule has 0 atom stereocenters. The second-order valence-corrected chi connectivity index (χ2v) is 7.01. The average Bonchev–Trinajstić information content (AvgIpc) is 3.37. The Balaban J connectivity index is 1.54. The highest BCUT2D eigenvalue weighted by Crippen LogP contribution is 2.32. The van der Waals surface area contributed by atoms with E-state index in [1.807, 2.05) is 60.7 Å². The third kappa shape index (κ3) is 2.55. The van der Waals surface area contributed by atoms with Gasteiger partial charge in [-0.1, -0.05) is 24.3 Å². The number of benzene rings is 2. The molecule has 8 heteroatoms. The zero-order valence-electron chi connectivity index (χ0n) is 15.6. The lowest BCUT2D eigenvalue weighted by Gasteiger charge is -2.11. The molecule has 8 nitrogen and oxygen atoms in total. The Morgan fingerprint density at radius 2 is 1.80 bits per heavy atom. The number of aromatic amines is 3. The topological polar surface area (TPSA) is 115 Å². The number of hydrogen-bond acceptors (Lipinski definition) is 5. The predicted molar refractivity (Wildman–Crippen MR) is 117 cm³/mol. The predicted octanol–water partition coefficient (Wildman–Crippen LogP) is 4.09. The maximum Gasteiger partial charge on any atom is 0.271 e. The summed E-state index contributed by atoms with van der Waals surface area (Å²) >= 11 is 0. The van der Waals surface area contributed by atoms with E-state index in [1.54, 1.807) is 6.20 Å².